The van der Waals surface area contributed by atoms with Crippen LogP contribution in [-0.4, -0.2) is 4.98 Å². The maximum absolute atomic E-state index is 8.12. The van der Waals surface area contributed by atoms with Crippen LogP contribution in [0.1, 0.15) is 18.0 Å². The van der Waals surface area contributed by atoms with E-state index in [1.54, 1.807) is 6.20 Å². The number of aryl methyl sites for hydroxylation is 2. The molecule has 1 nitrogen and oxygen atoms in total. The van der Waals surface area contributed by atoms with E-state index in [9.17, 15) is 0 Å². The fraction of sp³-hybridized carbons (Fsp3) is 0.105. The summed E-state index contributed by atoms with van der Waals surface area (Å²) in [7, 11) is 0. The van der Waals surface area contributed by atoms with Gasteiger partial charge < -0.3 is 0 Å². The number of hydrogen-bond acceptors (Lipinski definition) is 1. The molecule has 98 valence electrons. The highest BCUT2D eigenvalue weighted by atomic mass is 14.7. The van der Waals surface area contributed by atoms with Crippen LogP contribution in [0.15, 0.2) is 66.7 Å². The SMILES string of the molecule is [2H]c1c([2H])c([2H])c(-c2cnc(-c3cccc(C)c3)cc2C)c([2H])c1[2H]. The highest BCUT2D eigenvalue weighted by Gasteiger charge is 2.05. The molecule has 0 bridgehead atoms. The Morgan fingerprint density at radius 2 is 1.75 bits per heavy atom. The van der Waals surface area contributed by atoms with Crippen LogP contribution >= 0.6 is 0 Å². The zero-order valence-electron chi connectivity index (χ0n) is 16.4. The first kappa shape index (κ1) is 8.01. The van der Waals surface area contributed by atoms with E-state index < -0.39 is 0 Å². The normalized spacial score (nSPS) is 14.0. The van der Waals surface area contributed by atoms with Gasteiger partial charge in [-0.2, -0.15) is 0 Å². The second kappa shape index (κ2) is 5.30. The number of aromatic nitrogens is 1. The largest absolute Gasteiger partial charge is 0.256 e. The Kier molecular flexibility index (Phi) is 2.12. The summed E-state index contributed by atoms with van der Waals surface area (Å²) in [4.78, 5) is 4.46. The molecule has 0 radical (unpaired) electrons. The first-order chi connectivity index (χ1) is 11.8. The lowest BCUT2D eigenvalue weighted by molar-refractivity contribution is 1.28. The lowest BCUT2D eigenvalue weighted by atomic mass is 10.0. The Morgan fingerprint density at radius 3 is 2.45 bits per heavy atom. The van der Waals surface area contributed by atoms with Crippen molar-refractivity contribution in [2.24, 2.45) is 0 Å². The molecule has 0 atom stereocenters. The van der Waals surface area contributed by atoms with Crippen molar-refractivity contribution in [3.63, 3.8) is 0 Å². The van der Waals surface area contributed by atoms with Gasteiger partial charge in [0.25, 0.3) is 0 Å². The van der Waals surface area contributed by atoms with Crippen LogP contribution < -0.4 is 0 Å². The van der Waals surface area contributed by atoms with E-state index in [0.29, 0.717) is 5.56 Å². The van der Waals surface area contributed by atoms with Crippen LogP contribution in [0.3, 0.4) is 0 Å². The van der Waals surface area contributed by atoms with E-state index in [0.717, 1.165) is 22.4 Å². The molecule has 0 saturated heterocycles. The van der Waals surface area contributed by atoms with Gasteiger partial charge in [-0.25, -0.2) is 0 Å². The quantitative estimate of drug-likeness (QED) is 0.632. The molecule has 0 aliphatic rings. The molecule has 0 fully saturated rings. The summed E-state index contributed by atoms with van der Waals surface area (Å²) in [5, 5.41) is 0. The van der Waals surface area contributed by atoms with Crippen molar-refractivity contribution in [2.45, 2.75) is 13.8 Å². The van der Waals surface area contributed by atoms with Crippen LogP contribution in [-0.2, 0) is 0 Å². The molecule has 0 saturated carbocycles. The third-order valence-corrected chi connectivity index (χ3v) is 3.19. The van der Waals surface area contributed by atoms with E-state index in [1.165, 1.54) is 0 Å². The first-order valence-corrected chi connectivity index (χ1v) is 6.42. The van der Waals surface area contributed by atoms with E-state index in [4.69, 9.17) is 6.85 Å². The second-order valence-corrected chi connectivity index (χ2v) is 4.75. The Hall–Kier alpha value is -2.41. The minimum Gasteiger partial charge on any atom is -0.256 e. The monoisotopic (exact) mass is 264 g/mol. The fourth-order valence-electron chi connectivity index (χ4n) is 2.16. The topological polar surface area (TPSA) is 12.9 Å². The summed E-state index contributed by atoms with van der Waals surface area (Å²) in [6.45, 7) is 3.87. The van der Waals surface area contributed by atoms with Crippen molar-refractivity contribution in [3.8, 4) is 22.4 Å². The van der Waals surface area contributed by atoms with Crippen molar-refractivity contribution in [3.05, 3.63) is 77.9 Å². The minimum atomic E-state index is -0.388. The molecule has 0 N–H and O–H groups in total. The van der Waals surface area contributed by atoms with Gasteiger partial charge in [0.05, 0.1) is 12.5 Å². The molecule has 3 rings (SSSR count). The molecule has 0 amide bonds. The molecule has 0 spiro atoms. The van der Waals surface area contributed by atoms with Gasteiger partial charge in [-0.3, -0.25) is 4.98 Å². The zero-order chi connectivity index (χ0) is 18.3. The Bertz CT molecular complexity index is 953. The standard InChI is InChI=1S/C19H17N/c1-14-7-6-10-17(11-14)19-12-15(2)18(13-20-19)16-8-4-3-5-9-16/h3-13H,1-2H3/i3D,4D,5D,8D,9D. The predicted octanol–water partition coefficient (Wildman–Crippen LogP) is 5.03. The van der Waals surface area contributed by atoms with Gasteiger partial charge in [-0.1, -0.05) is 54.0 Å². The third-order valence-electron chi connectivity index (χ3n) is 3.19. The summed E-state index contributed by atoms with van der Waals surface area (Å²) in [6, 6.07) is 8.38. The van der Waals surface area contributed by atoms with E-state index >= 15 is 0 Å². The molecule has 1 heterocycles. The van der Waals surface area contributed by atoms with Crippen LogP contribution in [0.25, 0.3) is 22.4 Å². The Labute approximate surface area is 127 Å². The summed E-state index contributed by atoms with van der Waals surface area (Å²) in [6.07, 6.45) is 1.58. The highest BCUT2D eigenvalue weighted by Crippen LogP contribution is 2.26. The highest BCUT2D eigenvalue weighted by molar-refractivity contribution is 5.70. The number of nitrogens with zero attached hydrogens (tertiary/aromatic N) is 1. The molecule has 1 aromatic heterocycles. The van der Waals surface area contributed by atoms with Gasteiger partial charge in [-0.15, -0.1) is 0 Å². The first-order valence-electron chi connectivity index (χ1n) is 8.92. The molecule has 0 unspecified atom stereocenters. The molecule has 0 aliphatic carbocycles. The van der Waals surface area contributed by atoms with Crippen molar-refractivity contribution >= 4 is 0 Å². The molecule has 2 aromatic carbocycles. The lowest BCUT2D eigenvalue weighted by Gasteiger charge is -2.08. The molecule has 1 heteroatoms. The van der Waals surface area contributed by atoms with E-state index in [-0.39, 0.29) is 35.8 Å². The summed E-state index contributed by atoms with van der Waals surface area (Å²) < 4.78 is 39.6. The van der Waals surface area contributed by atoms with Crippen LogP contribution in [0, 0.1) is 13.8 Å². The molecular formula is C19H17N. The van der Waals surface area contributed by atoms with Crippen molar-refractivity contribution < 1.29 is 6.85 Å². The van der Waals surface area contributed by atoms with E-state index in [1.807, 2.05) is 44.2 Å². The van der Waals surface area contributed by atoms with Crippen LogP contribution in [0.5, 0.6) is 0 Å². The van der Waals surface area contributed by atoms with Crippen molar-refractivity contribution in [2.75, 3.05) is 0 Å². The van der Waals surface area contributed by atoms with Crippen LogP contribution in [0.2, 0.25) is 0 Å². The van der Waals surface area contributed by atoms with Gasteiger partial charge in [-0.05, 0) is 37.1 Å². The predicted molar refractivity (Wildman–Crippen MR) is 84.6 cm³/mol. The molecule has 3 aromatic rings. The minimum absolute atomic E-state index is 0.187. The average Bonchev–Trinajstić information content (AvgIpc) is 2.59. The smallest absolute Gasteiger partial charge is 0.0705 e. The summed E-state index contributed by atoms with van der Waals surface area (Å²) >= 11 is 0. The lowest BCUT2D eigenvalue weighted by Crippen LogP contribution is -1.89. The number of pyridine rings is 1. The fourth-order valence-corrected chi connectivity index (χ4v) is 2.16. The third kappa shape index (κ3) is 2.48. The van der Waals surface area contributed by atoms with Gasteiger partial charge in [0.15, 0.2) is 0 Å². The summed E-state index contributed by atoms with van der Waals surface area (Å²) in [5.41, 5.74) is 4.45. The number of hydrogen-bond donors (Lipinski definition) is 0. The zero-order valence-corrected chi connectivity index (χ0v) is 11.4. The number of rotatable bonds is 2. The van der Waals surface area contributed by atoms with Crippen molar-refractivity contribution in [1.82, 2.24) is 4.98 Å². The Balaban J connectivity index is 2.18. The number of benzene rings is 2. The van der Waals surface area contributed by atoms with Gasteiger partial charge in [0.1, 0.15) is 0 Å². The summed E-state index contributed by atoms with van der Waals surface area (Å²) in [5.74, 6) is 0. The van der Waals surface area contributed by atoms with Crippen molar-refractivity contribution in [1.29, 1.82) is 0 Å². The average molecular weight is 264 g/mol. The van der Waals surface area contributed by atoms with E-state index in [2.05, 4.69) is 4.98 Å². The Morgan fingerprint density at radius 1 is 0.950 bits per heavy atom. The second-order valence-electron chi connectivity index (χ2n) is 4.75. The van der Waals surface area contributed by atoms with Gasteiger partial charge in [0, 0.05) is 17.3 Å². The molecule has 20 heavy (non-hydrogen) atoms. The van der Waals surface area contributed by atoms with Crippen LogP contribution in [0.4, 0.5) is 0 Å². The molecule has 0 aliphatic heterocycles. The maximum Gasteiger partial charge on any atom is 0.0705 e. The molecular weight excluding hydrogens is 242 g/mol. The van der Waals surface area contributed by atoms with Gasteiger partial charge in [0.2, 0.25) is 0 Å². The van der Waals surface area contributed by atoms with Gasteiger partial charge >= 0.3 is 0 Å². The maximum atomic E-state index is 8.12.